The topological polar surface area (TPSA) is 93.6 Å². The molecule has 122 valence electrons. The van der Waals surface area contributed by atoms with Gasteiger partial charge in [0, 0.05) is 5.56 Å². The van der Waals surface area contributed by atoms with Gasteiger partial charge in [0.05, 0.1) is 19.9 Å². The lowest BCUT2D eigenvalue weighted by Gasteiger charge is -2.10. The number of amidine groups is 1. The number of nitrogens with two attached hydrogens (primary N) is 1. The minimum Gasteiger partial charge on any atom is -0.493 e. The van der Waals surface area contributed by atoms with E-state index < -0.39 is 0 Å². The number of hydrazone groups is 1. The number of ether oxygens (including phenoxy) is 2. The molecule has 1 heterocycles. The van der Waals surface area contributed by atoms with Crippen molar-refractivity contribution in [3.05, 3.63) is 54.1 Å². The van der Waals surface area contributed by atoms with Gasteiger partial charge in [-0.25, -0.2) is 0 Å². The Morgan fingerprint density at radius 2 is 1.71 bits per heavy atom. The van der Waals surface area contributed by atoms with Gasteiger partial charge in [0.25, 0.3) is 0 Å². The predicted octanol–water partition coefficient (Wildman–Crippen LogP) is 2.25. The van der Waals surface area contributed by atoms with Crippen molar-refractivity contribution in [2.45, 2.75) is 0 Å². The Kier molecular flexibility index (Phi) is 4.42. The van der Waals surface area contributed by atoms with E-state index in [-0.39, 0.29) is 5.84 Å². The molecule has 1 aliphatic heterocycles. The molecular weight excluding hydrogens is 306 g/mol. The number of nitrogens with zero attached hydrogens (tertiary/aromatic N) is 3. The highest BCUT2D eigenvalue weighted by atomic mass is 16.5. The molecule has 0 saturated heterocycles. The van der Waals surface area contributed by atoms with Gasteiger partial charge in [-0.05, 0) is 30.3 Å². The number of nitrogens with one attached hydrogen (secondary N) is 1. The maximum atomic E-state index is 5.91. The summed E-state index contributed by atoms with van der Waals surface area (Å²) in [5.41, 5.74) is 11.5. The first-order chi connectivity index (χ1) is 11.7. The SMILES string of the molecule is COc1ccc(C2=NN=C(N)/C2=N/Nc2ccccc2)cc1OC. The maximum Gasteiger partial charge on any atom is 0.176 e. The number of rotatable bonds is 5. The Bertz CT molecular complexity index is 828. The summed E-state index contributed by atoms with van der Waals surface area (Å²) in [6.45, 7) is 0. The highest BCUT2D eigenvalue weighted by molar-refractivity contribution is 6.72. The monoisotopic (exact) mass is 323 g/mol. The molecule has 0 amide bonds. The zero-order chi connectivity index (χ0) is 16.9. The minimum absolute atomic E-state index is 0.253. The zero-order valence-corrected chi connectivity index (χ0v) is 13.4. The Morgan fingerprint density at radius 1 is 0.958 bits per heavy atom. The van der Waals surface area contributed by atoms with Gasteiger partial charge in [-0.1, -0.05) is 18.2 Å². The lowest BCUT2D eigenvalue weighted by Crippen LogP contribution is -2.28. The van der Waals surface area contributed by atoms with E-state index in [2.05, 4.69) is 20.7 Å². The van der Waals surface area contributed by atoms with Crippen LogP contribution < -0.4 is 20.6 Å². The van der Waals surface area contributed by atoms with Crippen LogP contribution >= 0.6 is 0 Å². The van der Waals surface area contributed by atoms with Gasteiger partial charge in [-0.2, -0.15) is 5.10 Å². The second-order valence-corrected chi connectivity index (χ2v) is 4.94. The van der Waals surface area contributed by atoms with E-state index in [1.165, 1.54) is 0 Å². The zero-order valence-electron chi connectivity index (χ0n) is 13.4. The van der Waals surface area contributed by atoms with E-state index in [4.69, 9.17) is 15.2 Å². The van der Waals surface area contributed by atoms with Crippen LogP contribution in [0.5, 0.6) is 11.5 Å². The van der Waals surface area contributed by atoms with Crippen molar-refractivity contribution in [3.8, 4) is 11.5 Å². The van der Waals surface area contributed by atoms with Crippen LogP contribution in [0.4, 0.5) is 5.69 Å². The van der Waals surface area contributed by atoms with E-state index in [9.17, 15) is 0 Å². The highest BCUT2D eigenvalue weighted by Gasteiger charge is 2.22. The summed E-state index contributed by atoms with van der Waals surface area (Å²) in [5.74, 6) is 1.48. The molecule has 2 aromatic carbocycles. The summed E-state index contributed by atoms with van der Waals surface area (Å²) in [5, 5.41) is 12.4. The second-order valence-electron chi connectivity index (χ2n) is 4.94. The van der Waals surface area contributed by atoms with Crippen molar-refractivity contribution in [1.29, 1.82) is 0 Å². The van der Waals surface area contributed by atoms with Crippen LogP contribution in [-0.2, 0) is 0 Å². The fraction of sp³-hybridized carbons (Fsp3) is 0.118. The van der Waals surface area contributed by atoms with Crippen molar-refractivity contribution >= 4 is 22.9 Å². The third-order valence-corrected chi connectivity index (χ3v) is 3.45. The third-order valence-electron chi connectivity index (χ3n) is 3.45. The quantitative estimate of drug-likeness (QED) is 0.825. The normalized spacial score (nSPS) is 15.0. The summed E-state index contributed by atoms with van der Waals surface area (Å²) in [6, 6.07) is 15.0. The first-order valence-corrected chi connectivity index (χ1v) is 7.26. The first kappa shape index (κ1) is 15.5. The number of benzene rings is 2. The van der Waals surface area contributed by atoms with Crippen LogP contribution in [0.25, 0.3) is 0 Å². The molecule has 3 N–H and O–H groups in total. The minimum atomic E-state index is 0.253. The van der Waals surface area contributed by atoms with E-state index in [0.29, 0.717) is 22.9 Å². The largest absolute Gasteiger partial charge is 0.493 e. The average Bonchev–Trinajstić information content (AvgIpc) is 3.00. The van der Waals surface area contributed by atoms with Crippen molar-refractivity contribution < 1.29 is 9.47 Å². The second kappa shape index (κ2) is 6.82. The lowest BCUT2D eigenvalue weighted by atomic mass is 10.1. The van der Waals surface area contributed by atoms with Crippen molar-refractivity contribution in [1.82, 2.24) is 0 Å². The molecule has 0 radical (unpaired) electrons. The Hall–Kier alpha value is -3.35. The van der Waals surface area contributed by atoms with Gasteiger partial charge in [0.15, 0.2) is 23.0 Å². The van der Waals surface area contributed by atoms with E-state index >= 15 is 0 Å². The maximum absolute atomic E-state index is 5.91. The molecule has 0 unspecified atom stereocenters. The van der Waals surface area contributed by atoms with Crippen LogP contribution in [0.15, 0.2) is 63.8 Å². The predicted molar refractivity (Wildman–Crippen MR) is 95.2 cm³/mol. The summed E-state index contributed by atoms with van der Waals surface area (Å²) < 4.78 is 10.6. The number of hydrogen-bond donors (Lipinski definition) is 2. The molecule has 2 aromatic rings. The fourth-order valence-electron chi connectivity index (χ4n) is 2.24. The van der Waals surface area contributed by atoms with E-state index in [1.54, 1.807) is 20.3 Å². The van der Waals surface area contributed by atoms with Crippen molar-refractivity contribution in [2.75, 3.05) is 19.6 Å². The summed E-state index contributed by atoms with van der Waals surface area (Å²) in [6.07, 6.45) is 0. The molecule has 0 fully saturated rings. The van der Waals surface area contributed by atoms with E-state index in [0.717, 1.165) is 11.3 Å². The average molecular weight is 323 g/mol. The third kappa shape index (κ3) is 3.05. The molecule has 24 heavy (non-hydrogen) atoms. The smallest absolute Gasteiger partial charge is 0.176 e. The van der Waals surface area contributed by atoms with Gasteiger partial charge in [-0.3, -0.25) is 5.43 Å². The number of methoxy groups -OCH3 is 2. The first-order valence-electron chi connectivity index (χ1n) is 7.26. The summed E-state index contributed by atoms with van der Waals surface area (Å²) in [7, 11) is 3.16. The molecule has 0 bridgehead atoms. The molecule has 0 spiro atoms. The molecule has 7 heteroatoms. The van der Waals surface area contributed by atoms with Crippen LogP contribution in [0, 0.1) is 0 Å². The van der Waals surface area contributed by atoms with Gasteiger partial charge >= 0.3 is 0 Å². The molecule has 1 aliphatic rings. The number of hydrogen-bond acceptors (Lipinski definition) is 7. The summed E-state index contributed by atoms with van der Waals surface area (Å²) >= 11 is 0. The molecular formula is C17H17N5O2. The van der Waals surface area contributed by atoms with Gasteiger partial charge in [0.1, 0.15) is 5.71 Å². The van der Waals surface area contributed by atoms with Crippen LogP contribution in [0.2, 0.25) is 0 Å². The van der Waals surface area contributed by atoms with Crippen LogP contribution in [0.3, 0.4) is 0 Å². The Morgan fingerprint density at radius 3 is 2.42 bits per heavy atom. The van der Waals surface area contributed by atoms with Crippen molar-refractivity contribution in [3.63, 3.8) is 0 Å². The van der Waals surface area contributed by atoms with Crippen molar-refractivity contribution in [2.24, 2.45) is 21.0 Å². The molecule has 0 atom stereocenters. The lowest BCUT2D eigenvalue weighted by molar-refractivity contribution is 0.355. The molecule has 0 saturated carbocycles. The standard InChI is InChI=1S/C17H17N5O2/c1-23-13-9-8-11(10-14(13)24-2)15-16(17(18)22-20-15)21-19-12-6-4-3-5-7-12/h3-10,19H,1-2H3,(H2,18,21,22). The molecule has 3 rings (SSSR count). The van der Waals surface area contributed by atoms with E-state index in [1.807, 2.05) is 42.5 Å². The van der Waals surface area contributed by atoms with Gasteiger partial charge in [-0.15, -0.1) is 10.2 Å². The molecule has 0 aromatic heterocycles. The molecule has 0 aliphatic carbocycles. The fourth-order valence-corrected chi connectivity index (χ4v) is 2.24. The Labute approximate surface area is 139 Å². The number of anilines is 1. The van der Waals surface area contributed by atoms with Crippen LogP contribution in [0.1, 0.15) is 5.56 Å². The molecule has 7 nitrogen and oxygen atoms in total. The highest BCUT2D eigenvalue weighted by Crippen LogP contribution is 2.28. The Balaban J connectivity index is 1.90. The number of para-hydroxylation sites is 1. The van der Waals surface area contributed by atoms with Crippen LogP contribution in [-0.4, -0.2) is 31.5 Å². The summed E-state index contributed by atoms with van der Waals surface area (Å²) in [4.78, 5) is 0. The van der Waals surface area contributed by atoms with Gasteiger partial charge in [0.2, 0.25) is 0 Å². The van der Waals surface area contributed by atoms with Gasteiger partial charge < -0.3 is 15.2 Å².